The van der Waals surface area contributed by atoms with Crippen LogP contribution < -0.4 is 5.32 Å². The van der Waals surface area contributed by atoms with Crippen molar-refractivity contribution in [1.82, 2.24) is 25.2 Å². The van der Waals surface area contributed by atoms with Crippen LogP contribution in [0.1, 0.15) is 85.8 Å². The number of alkyl carbamates (subject to hydrolysis) is 1. The van der Waals surface area contributed by atoms with Crippen LogP contribution in [-0.2, 0) is 54.0 Å². The number of nitrogens with zero attached hydrogens (tertiary/aromatic N) is 4. The molecule has 2 aromatic heterocycles. The van der Waals surface area contributed by atoms with E-state index < -0.39 is 108 Å². The number of aliphatic hydroxyl groups is 1. The molecule has 14 atom stereocenters. The van der Waals surface area contributed by atoms with Crippen LogP contribution in [0.2, 0.25) is 0 Å². The number of Topliss-reactive ketones (excluding diaryl/α,β-unsaturated/α-hetero) is 1. The minimum Gasteiger partial charge on any atom is -0.461 e. The highest BCUT2D eigenvalue weighted by atomic mass is 16.8. The fourth-order valence-corrected chi connectivity index (χ4v) is 10.0. The first kappa shape index (κ1) is 52.5. The third kappa shape index (κ3) is 12.5. The molecule has 3 fully saturated rings. The van der Waals surface area contributed by atoms with Crippen molar-refractivity contribution in [3.63, 3.8) is 0 Å². The number of likely N-dealkylation sites (N-methyl/N-ethyl adjacent to an activating group) is 1. The van der Waals surface area contributed by atoms with Gasteiger partial charge in [0.2, 0.25) is 0 Å². The van der Waals surface area contributed by atoms with Crippen molar-refractivity contribution in [3.05, 3.63) is 84.5 Å². The molecule has 18 nitrogen and oxygen atoms in total. The maximum Gasteiger partial charge on any atom is 0.509 e. The van der Waals surface area contributed by atoms with Crippen molar-refractivity contribution in [2.45, 2.75) is 141 Å². The van der Waals surface area contributed by atoms with E-state index >= 15 is 0 Å². The van der Waals surface area contributed by atoms with Gasteiger partial charge in [-0.25, -0.2) is 19.6 Å². The number of esters is 2. The third-order valence-electron chi connectivity index (χ3n) is 13.6. The van der Waals surface area contributed by atoms with E-state index in [0.717, 1.165) is 11.1 Å². The number of ether oxygens (including phenoxy) is 7. The summed E-state index contributed by atoms with van der Waals surface area (Å²) in [4.78, 5) is 84.9. The molecule has 6 rings (SSSR count). The van der Waals surface area contributed by atoms with Crippen molar-refractivity contribution in [2.75, 3.05) is 20.7 Å². The Bertz CT molecular complexity index is 2270. The van der Waals surface area contributed by atoms with Gasteiger partial charge in [0.25, 0.3) is 0 Å². The summed E-state index contributed by atoms with van der Waals surface area (Å²) in [6.45, 7) is 13.1. The lowest BCUT2D eigenvalue weighted by Gasteiger charge is -2.48. The van der Waals surface area contributed by atoms with Crippen molar-refractivity contribution in [2.24, 2.45) is 23.7 Å². The minimum absolute atomic E-state index is 0.199. The highest BCUT2D eigenvalue weighted by Crippen LogP contribution is 2.42. The summed E-state index contributed by atoms with van der Waals surface area (Å²) in [5.41, 5.74) is -1.15. The number of aromatic nitrogens is 3. The molecule has 0 saturated carbocycles. The van der Waals surface area contributed by atoms with E-state index in [-0.39, 0.29) is 31.7 Å². The normalized spacial score (nSPS) is 33.4. The topological polar surface area (TPSA) is 224 Å². The second-order valence-electron chi connectivity index (χ2n) is 19.2. The zero-order valence-corrected chi connectivity index (χ0v) is 41.1. The van der Waals surface area contributed by atoms with Crippen LogP contribution in [0.25, 0.3) is 17.5 Å². The number of carbonyl (C=O) groups is 5. The molecule has 0 unspecified atom stereocenters. The van der Waals surface area contributed by atoms with E-state index in [1.165, 1.54) is 6.20 Å². The standard InChI is InChI=1S/C51H67N5O13/c1-11-38-51(8)43(55-48(61)68-51)31(4)40(58)29(2)27-50(7,69-49(62)63-24-13-16-34-17-19-36(20-18-34)45-53-22-14-23-54-45)44(67-47-41(59)37(56(9)10)25-30(3)64-47)32(5)42(33(6)46(60)65-38)66-39(57)26-35-15-12-21-52-28-35/h12-23,28-33,37-38,41-44,47,59H,11,24-27H2,1-10H3,(H,55,61)/b16-13+/t29-,30-,31+,32+,33-,37+,38-,41-,42+,43-,44-,47+,50-,51-/m1/s1. The van der Waals surface area contributed by atoms with Crippen molar-refractivity contribution in [1.29, 1.82) is 0 Å². The number of amides is 1. The van der Waals surface area contributed by atoms with Gasteiger partial charge in [-0.15, -0.1) is 0 Å². The lowest BCUT2D eigenvalue weighted by Crippen LogP contribution is -2.61. The summed E-state index contributed by atoms with van der Waals surface area (Å²) in [5, 5.41) is 14.6. The predicted molar refractivity (Wildman–Crippen MR) is 251 cm³/mol. The molecule has 3 aromatic rings. The molecule has 5 heterocycles. The third-order valence-corrected chi connectivity index (χ3v) is 13.6. The smallest absolute Gasteiger partial charge is 0.461 e. The molecular weight excluding hydrogens is 891 g/mol. The molecule has 3 saturated heterocycles. The van der Waals surface area contributed by atoms with Gasteiger partial charge >= 0.3 is 24.2 Å². The summed E-state index contributed by atoms with van der Waals surface area (Å²) < 4.78 is 43.5. The number of carbonyl (C=O) groups excluding carboxylic acids is 5. The zero-order valence-electron chi connectivity index (χ0n) is 41.1. The quantitative estimate of drug-likeness (QED) is 0.154. The van der Waals surface area contributed by atoms with E-state index in [1.54, 1.807) is 97.4 Å². The molecule has 3 aliphatic heterocycles. The molecule has 3 aliphatic rings. The Kier molecular flexibility index (Phi) is 17.3. The summed E-state index contributed by atoms with van der Waals surface area (Å²) in [6, 6.07) is 11.2. The summed E-state index contributed by atoms with van der Waals surface area (Å²) in [6.07, 6.45) is 1.44. The molecular formula is C51H67N5O13. The Morgan fingerprint density at radius 3 is 2.33 bits per heavy atom. The highest BCUT2D eigenvalue weighted by molar-refractivity contribution is 5.85. The number of pyridine rings is 1. The molecule has 1 aromatic carbocycles. The van der Waals surface area contributed by atoms with Gasteiger partial charge in [-0.05, 0) is 90.4 Å². The first-order valence-corrected chi connectivity index (χ1v) is 23.6. The van der Waals surface area contributed by atoms with Gasteiger partial charge in [0.05, 0.1) is 24.5 Å². The molecule has 374 valence electrons. The van der Waals surface area contributed by atoms with Crippen molar-refractivity contribution in [3.8, 4) is 11.4 Å². The van der Waals surface area contributed by atoms with Crippen LogP contribution >= 0.6 is 0 Å². The zero-order chi connectivity index (χ0) is 50.2. The Hall–Kier alpha value is -5.82. The van der Waals surface area contributed by atoms with E-state index in [2.05, 4.69) is 20.3 Å². The van der Waals surface area contributed by atoms with Gasteiger partial charge in [0.15, 0.2) is 17.7 Å². The van der Waals surface area contributed by atoms with Crippen molar-refractivity contribution >= 4 is 36.0 Å². The Labute approximate surface area is 403 Å². The maximum atomic E-state index is 14.7. The van der Waals surface area contributed by atoms with Gasteiger partial charge in [-0.2, -0.15) is 0 Å². The molecule has 1 amide bonds. The van der Waals surface area contributed by atoms with Crippen LogP contribution in [0.4, 0.5) is 9.59 Å². The van der Waals surface area contributed by atoms with Gasteiger partial charge in [-0.3, -0.25) is 19.4 Å². The first-order valence-electron chi connectivity index (χ1n) is 23.6. The van der Waals surface area contributed by atoms with Crippen LogP contribution in [0, 0.1) is 23.7 Å². The number of benzene rings is 1. The van der Waals surface area contributed by atoms with E-state index in [1.807, 2.05) is 50.2 Å². The molecule has 18 heteroatoms. The average Bonchev–Trinajstić information content (AvgIpc) is 3.64. The molecule has 0 bridgehead atoms. The molecule has 69 heavy (non-hydrogen) atoms. The number of hydrogen-bond donors (Lipinski definition) is 2. The average molecular weight is 958 g/mol. The molecule has 0 radical (unpaired) electrons. The fourth-order valence-electron chi connectivity index (χ4n) is 10.0. The number of rotatable bonds is 12. The molecule has 2 N–H and O–H groups in total. The summed E-state index contributed by atoms with van der Waals surface area (Å²) >= 11 is 0. The fraction of sp³-hybridized carbons (Fsp3) is 0.569. The minimum atomic E-state index is -1.84. The van der Waals surface area contributed by atoms with Gasteiger partial charge in [0.1, 0.15) is 42.4 Å². The van der Waals surface area contributed by atoms with Gasteiger partial charge in [-0.1, -0.05) is 64.1 Å². The number of fused-ring (bicyclic) bond motifs is 1. The van der Waals surface area contributed by atoms with E-state index in [9.17, 15) is 29.1 Å². The molecule has 0 spiro atoms. The SMILES string of the molecule is CC[C@H]1OC(=O)[C@H](C)[C@@H](OC(=O)Cc2cccnc2)[C@H](C)[C@@H](O[C@@H]2O[C@H](C)C[C@H](N(C)C)[C@H]2O)[C@](C)(OC(=O)OC/C=C/c2ccc(-c3ncccn3)cc2)C[C@@H](C)C(=O)[C@H](C)[C@H]2NC(=O)O[C@@]21C. The van der Waals surface area contributed by atoms with Gasteiger partial charge in [0, 0.05) is 54.1 Å². The Morgan fingerprint density at radius 1 is 0.971 bits per heavy atom. The number of cyclic esters (lactones) is 1. The Balaban J connectivity index is 1.40. The number of aliphatic hydroxyl groups excluding tert-OH is 1. The lowest BCUT2D eigenvalue weighted by atomic mass is 9.73. The van der Waals surface area contributed by atoms with Crippen LogP contribution in [0.5, 0.6) is 0 Å². The van der Waals surface area contributed by atoms with Crippen LogP contribution in [0.15, 0.2) is 73.3 Å². The summed E-state index contributed by atoms with van der Waals surface area (Å²) in [7, 11) is 3.65. The number of hydrogen-bond acceptors (Lipinski definition) is 17. The van der Waals surface area contributed by atoms with Crippen molar-refractivity contribution < 1.29 is 62.2 Å². The van der Waals surface area contributed by atoms with E-state index in [0.29, 0.717) is 17.8 Å². The second kappa shape index (κ2) is 22.7. The monoisotopic (exact) mass is 957 g/mol. The van der Waals surface area contributed by atoms with E-state index in [4.69, 9.17) is 33.2 Å². The molecule has 0 aliphatic carbocycles. The highest BCUT2D eigenvalue weighted by Gasteiger charge is 2.58. The number of nitrogens with one attached hydrogen (secondary N) is 1. The maximum absolute atomic E-state index is 14.7. The Morgan fingerprint density at radius 2 is 1.68 bits per heavy atom. The summed E-state index contributed by atoms with van der Waals surface area (Å²) in [5.74, 6) is -5.34. The van der Waals surface area contributed by atoms with Gasteiger partial charge < -0.3 is 48.5 Å². The first-order chi connectivity index (χ1) is 32.7. The second-order valence-corrected chi connectivity index (χ2v) is 19.2. The van der Waals surface area contributed by atoms with Crippen LogP contribution in [0.3, 0.4) is 0 Å². The predicted octanol–water partition coefficient (Wildman–Crippen LogP) is 6.14. The number of ketones is 1. The largest absolute Gasteiger partial charge is 0.509 e. The lowest BCUT2D eigenvalue weighted by molar-refractivity contribution is -0.300. The van der Waals surface area contributed by atoms with Crippen LogP contribution in [-0.4, -0.2) is 136 Å².